The molecule has 2 aromatic carbocycles. The van der Waals surface area contributed by atoms with Crippen LogP contribution in [0.1, 0.15) is 23.1 Å². The minimum Gasteiger partial charge on any atom is -0.497 e. The highest BCUT2D eigenvalue weighted by atomic mass is 16.5. The Balaban J connectivity index is 1.62. The van der Waals surface area contributed by atoms with Crippen molar-refractivity contribution in [3.05, 3.63) is 59.2 Å². The number of benzene rings is 2. The molecule has 1 heterocycles. The number of ether oxygens (including phenoxy) is 1. The van der Waals surface area contributed by atoms with Crippen LogP contribution >= 0.6 is 0 Å². The molecule has 0 spiro atoms. The summed E-state index contributed by atoms with van der Waals surface area (Å²) < 4.78 is 5.18. The highest BCUT2D eigenvalue weighted by Gasteiger charge is 2.33. The lowest BCUT2D eigenvalue weighted by Crippen LogP contribution is -2.42. The van der Waals surface area contributed by atoms with E-state index in [4.69, 9.17) is 4.74 Å². The fraction of sp³-hybridized carbons (Fsp3) is 0.333. The molecule has 0 saturated carbocycles. The van der Waals surface area contributed by atoms with Gasteiger partial charge in [-0.15, -0.1) is 0 Å². The summed E-state index contributed by atoms with van der Waals surface area (Å²) in [7, 11) is 1.59. The Labute approximate surface area is 154 Å². The monoisotopic (exact) mass is 352 g/mol. The van der Waals surface area contributed by atoms with Gasteiger partial charge in [0.05, 0.1) is 13.5 Å². The first-order chi connectivity index (χ1) is 12.5. The summed E-state index contributed by atoms with van der Waals surface area (Å²) in [6.45, 7) is 4.70. The fourth-order valence-electron chi connectivity index (χ4n) is 3.18. The van der Waals surface area contributed by atoms with Crippen LogP contribution in [0.25, 0.3) is 0 Å². The van der Waals surface area contributed by atoms with E-state index in [1.807, 2.05) is 56.3 Å². The Hall–Kier alpha value is -2.82. The number of carbonyl (C=O) groups excluding carboxylic acids is 2. The third kappa shape index (κ3) is 3.87. The van der Waals surface area contributed by atoms with E-state index in [9.17, 15) is 9.59 Å². The molecule has 1 N–H and O–H groups in total. The number of rotatable bonds is 5. The van der Waals surface area contributed by atoms with Gasteiger partial charge in [-0.2, -0.15) is 0 Å². The molecule has 5 nitrogen and oxygen atoms in total. The Morgan fingerprint density at radius 1 is 1.19 bits per heavy atom. The van der Waals surface area contributed by atoms with Crippen LogP contribution in [-0.2, 0) is 16.0 Å². The molecule has 1 fully saturated rings. The molecule has 1 saturated heterocycles. The van der Waals surface area contributed by atoms with Crippen LogP contribution in [-0.4, -0.2) is 31.5 Å². The predicted octanol–water partition coefficient (Wildman–Crippen LogP) is 2.78. The van der Waals surface area contributed by atoms with Gasteiger partial charge in [0.1, 0.15) is 11.8 Å². The lowest BCUT2D eigenvalue weighted by atomic mass is 10.1. The van der Waals surface area contributed by atoms with E-state index in [-0.39, 0.29) is 18.2 Å². The molecule has 1 aliphatic rings. The summed E-state index contributed by atoms with van der Waals surface area (Å²) in [5.74, 6) is 0.513. The van der Waals surface area contributed by atoms with Gasteiger partial charge in [-0.1, -0.05) is 18.2 Å². The van der Waals surface area contributed by atoms with Crippen molar-refractivity contribution in [2.45, 2.75) is 32.7 Å². The third-order valence-electron chi connectivity index (χ3n) is 4.84. The second kappa shape index (κ2) is 7.60. The first-order valence-corrected chi connectivity index (χ1v) is 8.79. The molecule has 0 radical (unpaired) electrons. The zero-order chi connectivity index (χ0) is 18.7. The van der Waals surface area contributed by atoms with E-state index in [2.05, 4.69) is 5.32 Å². The number of nitrogens with one attached hydrogen (secondary N) is 1. The number of amides is 2. The molecule has 0 unspecified atom stereocenters. The molecule has 1 aliphatic heterocycles. The van der Waals surface area contributed by atoms with Crippen LogP contribution in [0.3, 0.4) is 0 Å². The van der Waals surface area contributed by atoms with E-state index >= 15 is 0 Å². The third-order valence-corrected chi connectivity index (χ3v) is 4.84. The maximum absolute atomic E-state index is 12.7. The van der Waals surface area contributed by atoms with E-state index in [1.54, 1.807) is 12.0 Å². The zero-order valence-electron chi connectivity index (χ0n) is 15.4. The second-order valence-electron chi connectivity index (χ2n) is 6.70. The van der Waals surface area contributed by atoms with Crippen molar-refractivity contribution < 1.29 is 14.3 Å². The molecule has 26 heavy (non-hydrogen) atoms. The smallest absolute Gasteiger partial charge is 0.249 e. The SMILES string of the molecule is COc1cccc(CC(=O)N[C@H]2CCN(c3ccc(C)c(C)c3)C2=O)c1. The maximum Gasteiger partial charge on any atom is 0.249 e. The summed E-state index contributed by atoms with van der Waals surface area (Å²) in [6, 6.07) is 12.9. The van der Waals surface area contributed by atoms with Gasteiger partial charge in [0.2, 0.25) is 11.8 Å². The first kappa shape index (κ1) is 18.0. The van der Waals surface area contributed by atoms with Gasteiger partial charge in [-0.25, -0.2) is 0 Å². The van der Waals surface area contributed by atoms with Crippen molar-refractivity contribution in [3.63, 3.8) is 0 Å². The van der Waals surface area contributed by atoms with Crippen LogP contribution in [0.15, 0.2) is 42.5 Å². The average molecular weight is 352 g/mol. The van der Waals surface area contributed by atoms with Crippen LogP contribution in [0, 0.1) is 13.8 Å². The van der Waals surface area contributed by atoms with E-state index in [0.717, 1.165) is 16.8 Å². The minimum absolute atomic E-state index is 0.0488. The first-order valence-electron chi connectivity index (χ1n) is 8.79. The molecule has 2 amide bonds. The molecular formula is C21H24N2O3. The van der Waals surface area contributed by atoms with Crippen molar-refractivity contribution in [1.29, 1.82) is 0 Å². The molecule has 2 aromatic rings. The van der Waals surface area contributed by atoms with E-state index in [0.29, 0.717) is 18.7 Å². The fourth-order valence-corrected chi connectivity index (χ4v) is 3.18. The highest BCUT2D eigenvalue weighted by Crippen LogP contribution is 2.24. The number of methoxy groups -OCH3 is 1. The highest BCUT2D eigenvalue weighted by molar-refractivity contribution is 6.01. The number of carbonyl (C=O) groups is 2. The van der Waals surface area contributed by atoms with Gasteiger partial charge >= 0.3 is 0 Å². The van der Waals surface area contributed by atoms with Crippen LogP contribution in [0.2, 0.25) is 0 Å². The Kier molecular flexibility index (Phi) is 5.26. The quantitative estimate of drug-likeness (QED) is 0.900. The largest absolute Gasteiger partial charge is 0.497 e. The minimum atomic E-state index is -0.463. The lowest BCUT2D eigenvalue weighted by molar-refractivity contribution is -0.126. The maximum atomic E-state index is 12.7. The summed E-state index contributed by atoms with van der Waals surface area (Å²) in [5.41, 5.74) is 4.10. The van der Waals surface area contributed by atoms with E-state index in [1.165, 1.54) is 5.56 Å². The van der Waals surface area contributed by atoms with Crippen LogP contribution < -0.4 is 15.0 Å². The van der Waals surface area contributed by atoms with Crippen molar-refractivity contribution in [3.8, 4) is 5.75 Å². The van der Waals surface area contributed by atoms with Gasteiger partial charge in [0.25, 0.3) is 0 Å². The lowest BCUT2D eigenvalue weighted by Gasteiger charge is -2.18. The van der Waals surface area contributed by atoms with Crippen molar-refractivity contribution in [2.24, 2.45) is 0 Å². The number of hydrogen-bond donors (Lipinski definition) is 1. The summed E-state index contributed by atoms with van der Waals surface area (Å²) in [4.78, 5) is 26.8. The molecule has 3 rings (SSSR count). The number of nitrogens with zero attached hydrogens (tertiary/aromatic N) is 1. The molecule has 5 heteroatoms. The number of aryl methyl sites for hydroxylation is 2. The summed E-state index contributed by atoms with van der Waals surface area (Å²) in [5, 5.41) is 2.87. The van der Waals surface area contributed by atoms with Crippen molar-refractivity contribution in [1.82, 2.24) is 5.32 Å². The molecule has 1 atom stereocenters. The Morgan fingerprint density at radius 2 is 2.00 bits per heavy atom. The Bertz CT molecular complexity index is 832. The van der Waals surface area contributed by atoms with E-state index < -0.39 is 6.04 Å². The second-order valence-corrected chi connectivity index (χ2v) is 6.70. The van der Waals surface area contributed by atoms with Gasteiger partial charge in [0.15, 0.2) is 0 Å². The number of hydrogen-bond acceptors (Lipinski definition) is 3. The van der Waals surface area contributed by atoms with Crippen LogP contribution in [0.5, 0.6) is 5.75 Å². The van der Waals surface area contributed by atoms with Crippen molar-refractivity contribution >= 4 is 17.5 Å². The Morgan fingerprint density at radius 3 is 2.73 bits per heavy atom. The topological polar surface area (TPSA) is 58.6 Å². The summed E-state index contributed by atoms with van der Waals surface area (Å²) in [6.07, 6.45) is 0.847. The van der Waals surface area contributed by atoms with Gasteiger partial charge < -0.3 is 15.0 Å². The van der Waals surface area contributed by atoms with Crippen molar-refractivity contribution in [2.75, 3.05) is 18.6 Å². The molecule has 0 bridgehead atoms. The standard InChI is InChI=1S/C21H24N2O3/c1-14-7-8-17(11-15(14)2)23-10-9-19(21(23)25)22-20(24)13-16-5-4-6-18(12-16)26-3/h4-8,11-12,19H,9-10,13H2,1-3H3,(H,22,24)/t19-/m0/s1. The molecular weight excluding hydrogens is 328 g/mol. The van der Waals surface area contributed by atoms with Gasteiger partial charge in [0, 0.05) is 12.2 Å². The zero-order valence-corrected chi connectivity index (χ0v) is 15.4. The predicted molar refractivity (Wildman–Crippen MR) is 102 cm³/mol. The molecule has 0 aliphatic carbocycles. The molecule has 0 aromatic heterocycles. The van der Waals surface area contributed by atoms with Crippen LogP contribution in [0.4, 0.5) is 5.69 Å². The average Bonchev–Trinajstić information content (AvgIpc) is 2.98. The van der Waals surface area contributed by atoms with Gasteiger partial charge in [-0.3, -0.25) is 9.59 Å². The molecule has 136 valence electrons. The van der Waals surface area contributed by atoms with Gasteiger partial charge in [-0.05, 0) is 61.2 Å². The summed E-state index contributed by atoms with van der Waals surface area (Å²) >= 11 is 0. The normalized spacial score (nSPS) is 16.7. The number of anilines is 1.